The van der Waals surface area contributed by atoms with Crippen LogP contribution < -0.4 is 0 Å². The maximum atomic E-state index is 11.6. The molecule has 0 spiro atoms. The monoisotopic (exact) mass is 296 g/mol. The van der Waals surface area contributed by atoms with Crippen LogP contribution in [0.1, 0.15) is 85.5 Å². The van der Waals surface area contributed by atoms with Crippen LogP contribution in [0.4, 0.5) is 0 Å². The summed E-state index contributed by atoms with van der Waals surface area (Å²) >= 11 is 0. The van der Waals surface area contributed by atoms with Crippen LogP contribution in [0.15, 0.2) is 12.2 Å². The number of hydrogen-bond donors (Lipinski definition) is 0. The third-order valence-corrected chi connectivity index (χ3v) is 4.12. The molecule has 0 saturated carbocycles. The molecule has 0 amide bonds. The van der Waals surface area contributed by atoms with Gasteiger partial charge in [0.15, 0.2) is 0 Å². The molecule has 0 aliphatic rings. The van der Waals surface area contributed by atoms with Crippen molar-refractivity contribution in [2.24, 2.45) is 11.8 Å². The van der Waals surface area contributed by atoms with E-state index in [-0.39, 0.29) is 5.97 Å². The van der Waals surface area contributed by atoms with E-state index < -0.39 is 0 Å². The Labute approximate surface area is 132 Å². The largest absolute Gasteiger partial charge is 0.463 e. The van der Waals surface area contributed by atoms with E-state index in [2.05, 4.69) is 26.8 Å². The summed E-state index contributed by atoms with van der Waals surface area (Å²) in [5, 5.41) is 0. The van der Waals surface area contributed by atoms with Gasteiger partial charge in [-0.05, 0) is 38.0 Å². The van der Waals surface area contributed by atoms with Crippen molar-refractivity contribution < 1.29 is 9.53 Å². The third kappa shape index (κ3) is 10.6. The van der Waals surface area contributed by atoms with Crippen LogP contribution >= 0.6 is 0 Å². The van der Waals surface area contributed by atoms with E-state index in [1.807, 2.05) is 6.92 Å². The molecular formula is C19H36O2. The van der Waals surface area contributed by atoms with Gasteiger partial charge in [0.05, 0.1) is 6.61 Å². The first kappa shape index (κ1) is 20.2. The van der Waals surface area contributed by atoms with Crippen LogP contribution in [0.25, 0.3) is 0 Å². The summed E-state index contributed by atoms with van der Waals surface area (Å²) in [4.78, 5) is 11.6. The van der Waals surface area contributed by atoms with Crippen LogP contribution in [0, 0.1) is 11.8 Å². The van der Waals surface area contributed by atoms with Gasteiger partial charge in [-0.15, -0.1) is 0 Å². The van der Waals surface area contributed by atoms with Crippen molar-refractivity contribution in [3.63, 3.8) is 0 Å². The molecule has 21 heavy (non-hydrogen) atoms. The molecule has 2 heteroatoms. The number of carbonyl (C=O) groups excluding carboxylic acids is 1. The first-order chi connectivity index (χ1) is 10.2. The summed E-state index contributed by atoms with van der Waals surface area (Å²) < 4.78 is 5.01. The summed E-state index contributed by atoms with van der Waals surface area (Å²) in [6.45, 7) is 9.06. The van der Waals surface area contributed by atoms with Crippen LogP contribution in [0.3, 0.4) is 0 Å². The third-order valence-electron chi connectivity index (χ3n) is 4.12. The van der Waals surface area contributed by atoms with Gasteiger partial charge in [0.2, 0.25) is 0 Å². The summed E-state index contributed by atoms with van der Waals surface area (Å²) in [6, 6.07) is 0. The molecule has 0 aromatic carbocycles. The summed E-state index contributed by atoms with van der Waals surface area (Å²) in [7, 11) is 0. The molecule has 0 heterocycles. The molecule has 0 aromatic rings. The molecule has 0 bridgehead atoms. The molecule has 0 saturated heterocycles. The lowest BCUT2D eigenvalue weighted by molar-refractivity contribution is -0.137. The molecule has 0 aliphatic heterocycles. The normalized spacial score (nSPS) is 13.0. The summed E-state index contributed by atoms with van der Waals surface area (Å²) in [5.41, 5.74) is 0. The Hall–Kier alpha value is -0.790. The molecular weight excluding hydrogens is 260 g/mol. The molecule has 2 nitrogen and oxygen atoms in total. The zero-order valence-electron chi connectivity index (χ0n) is 14.7. The van der Waals surface area contributed by atoms with Gasteiger partial charge in [0, 0.05) is 6.08 Å². The highest BCUT2D eigenvalue weighted by Gasteiger charge is 2.18. The fourth-order valence-electron chi connectivity index (χ4n) is 2.83. The van der Waals surface area contributed by atoms with Crippen LogP contribution in [-0.2, 0) is 9.53 Å². The number of carbonyl (C=O) groups is 1. The summed E-state index contributed by atoms with van der Waals surface area (Å²) in [6.07, 6.45) is 15.1. The first-order valence-electron chi connectivity index (χ1n) is 9.04. The van der Waals surface area contributed by atoms with Gasteiger partial charge in [-0.2, -0.15) is 0 Å². The van der Waals surface area contributed by atoms with E-state index in [9.17, 15) is 4.79 Å². The number of esters is 1. The Balaban J connectivity index is 4.70. The van der Waals surface area contributed by atoms with Gasteiger partial charge < -0.3 is 4.74 Å². The highest BCUT2D eigenvalue weighted by atomic mass is 16.5. The minimum atomic E-state index is -0.191. The Morgan fingerprint density at radius 1 is 0.905 bits per heavy atom. The number of rotatable bonds is 13. The molecule has 0 aromatic heterocycles. The van der Waals surface area contributed by atoms with Crippen LogP contribution in [-0.4, -0.2) is 12.6 Å². The van der Waals surface area contributed by atoms with Crippen LogP contribution in [0.2, 0.25) is 0 Å². The van der Waals surface area contributed by atoms with Crippen molar-refractivity contribution in [1.29, 1.82) is 0 Å². The quantitative estimate of drug-likeness (QED) is 0.312. The van der Waals surface area contributed by atoms with E-state index in [1.54, 1.807) is 6.08 Å². The average molecular weight is 296 g/mol. The van der Waals surface area contributed by atoms with E-state index in [0.717, 1.165) is 5.92 Å². The van der Waals surface area contributed by atoms with Crippen molar-refractivity contribution in [2.75, 3.05) is 6.61 Å². The molecule has 0 rings (SSSR count). The minimum absolute atomic E-state index is 0.191. The second kappa shape index (κ2) is 14.2. The van der Waals surface area contributed by atoms with Gasteiger partial charge in [0.25, 0.3) is 0 Å². The Morgan fingerprint density at radius 2 is 1.43 bits per heavy atom. The fraction of sp³-hybridized carbons (Fsp3) is 0.842. The van der Waals surface area contributed by atoms with Crippen LogP contribution in [0.5, 0.6) is 0 Å². The van der Waals surface area contributed by atoms with Crippen molar-refractivity contribution in [3.05, 3.63) is 12.2 Å². The SMILES string of the molecule is CCCCC(C=CC(=O)OCC)C(CCCC)CCCC. The smallest absolute Gasteiger partial charge is 0.330 e. The zero-order chi connectivity index (χ0) is 15.9. The van der Waals surface area contributed by atoms with E-state index in [0.29, 0.717) is 12.5 Å². The van der Waals surface area contributed by atoms with E-state index >= 15 is 0 Å². The summed E-state index contributed by atoms with van der Waals surface area (Å²) in [5.74, 6) is 1.07. The molecule has 1 unspecified atom stereocenters. The van der Waals surface area contributed by atoms with Gasteiger partial charge in [-0.25, -0.2) is 4.79 Å². The molecule has 124 valence electrons. The van der Waals surface area contributed by atoms with Gasteiger partial charge in [-0.3, -0.25) is 0 Å². The maximum Gasteiger partial charge on any atom is 0.330 e. The standard InChI is InChI=1S/C19H36O2/c1-5-9-12-17(13-10-6-2)18(14-11-7-3)15-16-19(20)21-8-4/h15-18H,5-14H2,1-4H3. The number of allylic oxidation sites excluding steroid dienone is 1. The molecule has 0 fully saturated rings. The number of hydrogen-bond acceptors (Lipinski definition) is 2. The van der Waals surface area contributed by atoms with Crippen molar-refractivity contribution in [3.8, 4) is 0 Å². The van der Waals surface area contributed by atoms with E-state index in [1.165, 1.54) is 57.8 Å². The van der Waals surface area contributed by atoms with Crippen molar-refractivity contribution >= 4 is 5.97 Å². The van der Waals surface area contributed by atoms with Crippen molar-refractivity contribution in [2.45, 2.75) is 85.5 Å². The second-order valence-electron chi connectivity index (χ2n) is 5.96. The first-order valence-corrected chi connectivity index (χ1v) is 9.04. The van der Waals surface area contributed by atoms with Gasteiger partial charge >= 0.3 is 5.97 Å². The highest BCUT2D eigenvalue weighted by molar-refractivity contribution is 5.81. The lowest BCUT2D eigenvalue weighted by Crippen LogP contribution is -2.14. The average Bonchev–Trinajstić information content (AvgIpc) is 2.48. The second-order valence-corrected chi connectivity index (χ2v) is 5.96. The lowest BCUT2D eigenvalue weighted by atomic mass is 9.81. The fourth-order valence-corrected chi connectivity index (χ4v) is 2.83. The molecule has 0 aliphatic carbocycles. The molecule has 1 atom stereocenters. The zero-order valence-corrected chi connectivity index (χ0v) is 14.7. The lowest BCUT2D eigenvalue weighted by Gasteiger charge is -2.25. The van der Waals surface area contributed by atoms with E-state index in [4.69, 9.17) is 4.74 Å². The van der Waals surface area contributed by atoms with Crippen molar-refractivity contribution in [1.82, 2.24) is 0 Å². The topological polar surface area (TPSA) is 26.3 Å². The number of unbranched alkanes of at least 4 members (excludes halogenated alkanes) is 3. The highest BCUT2D eigenvalue weighted by Crippen LogP contribution is 2.29. The Kier molecular flexibility index (Phi) is 13.6. The van der Waals surface area contributed by atoms with Gasteiger partial charge in [0.1, 0.15) is 0 Å². The molecule has 0 N–H and O–H groups in total. The molecule has 0 radical (unpaired) electrons. The maximum absolute atomic E-state index is 11.6. The predicted molar refractivity (Wildman–Crippen MR) is 91.3 cm³/mol. The predicted octanol–water partition coefficient (Wildman–Crippen LogP) is 5.91. The van der Waals surface area contributed by atoms with Gasteiger partial charge in [-0.1, -0.05) is 65.4 Å². The Morgan fingerprint density at radius 3 is 1.90 bits per heavy atom. The minimum Gasteiger partial charge on any atom is -0.463 e. The number of ether oxygens (including phenoxy) is 1. The Bertz CT molecular complexity index is 263.